The van der Waals surface area contributed by atoms with Crippen LogP contribution in [0.4, 0.5) is 4.79 Å². The van der Waals surface area contributed by atoms with E-state index in [-0.39, 0.29) is 17.9 Å². The molecule has 1 saturated carbocycles. The van der Waals surface area contributed by atoms with Gasteiger partial charge in [-0.1, -0.05) is 37.3 Å². The molecule has 30 heavy (non-hydrogen) atoms. The summed E-state index contributed by atoms with van der Waals surface area (Å²) < 4.78 is 0. The quantitative estimate of drug-likeness (QED) is 0.730. The number of benzene rings is 1. The van der Waals surface area contributed by atoms with Crippen molar-refractivity contribution < 1.29 is 9.59 Å². The van der Waals surface area contributed by atoms with Crippen LogP contribution in [0.15, 0.2) is 42.1 Å². The zero-order valence-electron chi connectivity index (χ0n) is 18.8. The number of carbonyl (C=O) groups excluding carboxylic acids is 2. The number of hydrogen-bond donors (Lipinski definition) is 1. The Balaban J connectivity index is 1.64. The fourth-order valence-corrected chi connectivity index (χ4v) is 4.84. The van der Waals surface area contributed by atoms with E-state index in [1.54, 1.807) is 4.90 Å². The molecule has 164 valence electrons. The van der Waals surface area contributed by atoms with Crippen LogP contribution < -0.4 is 5.32 Å². The van der Waals surface area contributed by atoms with Gasteiger partial charge in [-0.3, -0.25) is 9.69 Å². The maximum Gasteiger partial charge on any atom is 0.317 e. The fraction of sp³-hybridized carbons (Fsp3) is 0.583. The largest absolute Gasteiger partial charge is 0.383 e. The van der Waals surface area contributed by atoms with Gasteiger partial charge in [0.15, 0.2) is 5.78 Å². The van der Waals surface area contributed by atoms with Crippen molar-refractivity contribution in [1.29, 1.82) is 0 Å². The van der Waals surface area contributed by atoms with E-state index in [1.807, 2.05) is 62.6 Å². The number of piperidine rings is 1. The molecule has 1 N–H and O–H groups in total. The third-order valence-electron chi connectivity index (χ3n) is 6.15. The number of hydrogen-bond acceptors (Lipinski definition) is 4. The van der Waals surface area contributed by atoms with Crippen LogP contribution in [0.2, 0.25) is 0 Å². The lowest BCUT2D eigenvalue weighted by molar-refractivity contribution is -0.119. The summed E-state index contributed by atoms with van der Waals surface area (Å²) in [6.07, 6.45) is 5.32. The van der Waals surface area contributed by atoms with Gasteiger partial charge >= 0.3 is 6.03 Å². The number of amides is 2. The minimum Gasteiger partial charge on any atom is -0.383 e. The van der Waals surface area contributed by atoms with Crippen molar-refractivity contribution in [3.05, 3.63) is 47.7 Å². The fourth-order valence-electron chi connectivity index (χ4n) is 4.84. The summed E-state index contributed by atoms with van der Waals surface area (Å²) in [6.45, 7) is 4.62. The molecule has 1 aliphatic heterocycles. The van der Waals surface area contributed by atoms with Crippen LogP contribution in [0.1, 0.15) is 38.2 Å². The van der Waals surface area contributed by atoms with E-state index >= 15 is 0 Å². The van der Waals surface area contributed by atoms with Gasteiger partial charge in [-0.15, -0.1) is 0 Å². The minimum absolute atomic E-state index is 0.0471. The molecule has 1 saturated heterocycles. The zero-order valence-corrected chi connectivity index (χ0v) is 18.8. The van der Waals surface area contributed by atoms with Gasteiger partial charge in [0.2, 0.25) is 0 Å². The van der Waals surface area contributed by atoms with E-state index in [0.717, 1.165) is 43.5 Å². The number of carbonyl (C=O) groups is 2. The Labute approximate surface area is 180 Å². The second-order valence-corrected chi connectivity index (χ2v) is 9.00. The van der Waals surface area contributed by atoms with Gasteiger partial charge in [0, 0.05) is 64.5 Å². The number of fused-ring (bicyclic) bond motifs is 1. The molecule has 1 aliphatic carbocycles. The third-order valence-corrected chi connectivity index (χ3v) is 6.15. The lowest BCUT2D eigenvalue weighted by Crippen LogP contribution is -2.58. The number of nitrogens with one attached hydrogen (secondary N) is 1. The maximum absolute atomic E-state index is 12.8. The normalized spacial score (nSPS) is 25.7. The van der Waals surface area contributed by atoms with Crippen LogP contribution in [-0.2, 0) is 11.3 Å². The number of Topliss-reactive ketones (excluding diaryl/α,β-unsaturated/α-hetero) is 1. The van der Waals surface area contributed by atoms with Gasteiger partial charge in [0.1, 0.15) is 0 Å². The molecule has 1 aromatic carbocycles. The average molecular weight is 413 g/mol. The lowest BCUT2D eigenvalue weighted by Gasteiger charge is -2.47. The molecular weight excluding hydrogens is 376 g/mol. The number of likely N-dealkylation sites (tertiary alicyclic amines) is 1. The highest BCUT2D eigenvalue weighted by Crippen LogP contribution is 2.36. The summed E-state index contributed by atoms with van der Waals surface area (Å²) in [4.78, 5) is 31.7. The Morgan fingerprint density at radius 2 is 1.93 bits per heavy atom. The first kappa shape index (κ1) is 22.3. The van der Waals surface area contributed by atoms with Gasteiger partial charge in [0.05, 0.1) is 0 Å². The van der Waals surface area contributed by atoms with Crippen molar-refractivity contribution in [2.24, 2.45) is 5.92 Å². The molecule has 1 heterocycles. The molecule has 0 aromatic heterocycles. The summed E-state index contributed by atoms with van der Waals surface area (Å²) in [5.41, 5.74) is 2.05. The summed E-state index contributed by atoms with van der Waals surface area (Å²) in [7, 11) is 5.77. The highest BCUT2D eigenvalue weighted by Gasteiger charge is 2.41. The van der Waals surface area contributed by atoms with Crippen molar-refractivity contribution in [2.45, 2.75) is 51.2 Å². The van der Waals surface area contributed by atoms with E-state index in [2.05, 4.69) is 17.1 Å². The number of ketones is 1. The Hall–Kier alpha value is -2.34. The smallest absolute Gasteiger partial charge is 0.317 e. The summed E-state index contributed by atoms with van der Waals surface area (Å²) in [5, 5.41) is 3.23. The van der Waals surface area contributed by atoms with E-state index < -0.39 is 0 Å². The Bertz CT molecular complexity index is 762. The molecule has 2 fully saturated rings. The van der Waals surface area contributed by atoms with E-state index in [1.165, 1.54) is 0 Å². The van der Waals surface area contributed by atoms with Gasteiger partial charge in [0.25, 0.3) is 0 Å². The first-order valence-corrected chi connectivity index (χ1v) is 11.1. The van der Waals surface area contributed by atoms with E-state index in [9.17, 15) is 9.59 Å². The third kappa shape index (κ3) is 5.63. The molecule has 0 unspecified atom stereocenters. The van der Waals surface area contributed by atoms with Crippen molar-refractivity contribution in [3.63, 3.8) is 0 Å². The van der Waals surface area contributed by atoms with Crippen LogP contribution in [0.3, 0.4) is 0 Å². The first-order valence-electron chi connectivity index (χ1n) is 11.1. The lowest BCUT2D eigenvalue weighted by atomic mass is 9.74. The first-order chi connectivity index (χ1) is 14.4. The van der Waals surface area contributed by atoms with Crippen LogP contribution in [0.25, 0.3) is 0 Å². The van der Waals surface area contributed by atoms with Gasteiger partial charge in [-0.25, -0.2) is 4.79 Å². The number of nitrogens with zero attached hydrogens (tertiary/aromatic N) is 3. The monoisotopic (exact) mass is 412 g/mol. The number of urea groups is 1. The van der Waals surface area contributed by atoms with Crippen LogP contribution >= 0.6 is 0 Å². The molecule has 1 aromatic rings. The molecule has 3 rings (SSSR count). The van der Waals surface area contributed by atoms with Gasteiger partial charge in [-0.05, 0) is 37.3 Å². The minimum atomic E-state index is -0.0471. The Morgan fingerprint density at radius 3 is 2.60 bits per heavy atom. The highest BCUT2D eigenvalue weighted by molar-refractivity contribution is 5.96. The molecule has 3 atom stereocenters. The summed E-state index contributed by atoms with van der Waals surface area (Å²) >= 11 is 0. The summed E-state index contributed by atoms with van der Waals surface area (Å²) in [6, 6.07) is 10.5. The SMILES string of the molecule is CCCN1C[C@@H](NC(=O)N(C)Cc2ccccc2)C[C@@H]2CC(=O)C(=CN(C)C)C[C@H]21. The maximum atomic E-state index is 12.8. The Morgan fingerprint density at radius 1 is 1.20 bits per heavy atom. The molecule has 0 radical (unpaired) electrons. The molecule has 2 amide bonds. The molecular formula is C24H36N4O2. The predicted molar refractivity (Wildman–Crippen MR) is 120 cm³/mol. The van der Waals surface area contributed by atoms with Crippen LogP contribution in [0, 0.1) is 5.92 Å². The second kappa shape index (κ2) is 10.1. The second-order valence-electron chi connectivity index (χ2n) is 9.00. The van der Waals surface area contributed by atoms with E-state index in [0.29, 0.717) is 24.9 Å². The van der Waals surface area contributed by atoms with Crippen molar-refractivity contribution in [2.75, 3.05) is 34.2 Å². The zero-order chi connectivity index (χ0) is 21.7. The molecule has 0 bridgehead atoms. The van der Waals surface area contributed by atoms with Crippen molar-refractivity contribution in [3.8, 4) is 0 Å². The molecule has 0 spiro atoms. The van der Waals surface area contributed by atoms with Crippen molar-refractivity contribution in [1.82, 2.24) is 20.0 Å². The topological polar surface area (TPSA) is 55.9 Å². The van der Waals surface area contributed by atoms with Gasteiger partial charge < -0.3 is 15.1 Å². The highest BCUT2D eigenvalue weighted by atomic mass is 16.2. The standard InChI is InChI=1S/C24H36N4O2/c1-5-11-28-17-21(25-24(30)27(4)15-18-9-7-6-8-10-18)12-19-14-23(29)20(13-22(19)28)16-26(2)3/h6-10,16,19,21-22H,5,11-15,17H2,1-4H3,(H,25,30)/t19-,21+,22-/m1/s1. The predicted octanol–water partition coefficient (Wildman–Crippen LogP) is 3.11. The molecule has 2 aliphatic rings. The van der Waals surface area contributed by atoms with Crippen molar-refractivity contribution >= 4 is 11.8 Å². The van der Waals surface area contributed by atoms with E-state index in [4.69, 9.17) is 0 Å². The molecule has 6 nitrogen and oxygen atoms in total. The number of rotatable bonds is 6. The Kier molecular flexibility index (Phi) is 7.53. The summed E-state index contributed by atoms with van der Waals surface area (Å²) in [5.74, 6) is 0.566. The average Bonchev–Trinajstić information content (AvgIpc) is 2.69. The molecule has 6 heteroatoms. The van der Waals surface area contributed by atoms with Gasteiger partial charge in [-0.2, -0.15) is 0 Å². The van der Waals surface area contributed by atoms with Crippen LogP contribution in [0.5, 0.6) is 0 Å². The van der Waals surface area contributed by atoms with Crippen LogP contribution in [-0.4, -0.2) is 72.8 Å².